The van der Waals surface area contributed by atoms with Gasteiger partial charge >= 0.3 is 5.97 Å². The van der Waals surface area contributed by atoms with Crippen LogP contribution in [-0.4, -0.2) is 40.9 Å². The van der Waals surface area contributed by atoms with Gasteiger partial charge in [0.2, 0.25) is 0 Å². The molecule has 1 aliphatic rings. The van der Waals surface area contributed by atoms with Gasteiger partial charge in [-0.05, 0) is 43.7 Å². The number of nitro benzene ring substituents is 1. The number of piperidine rings is 1. The molecule has 0 radical (unpaired) electrons. The van der Waals surface area contributed by atoms with Gasteiger partial charge in [0, 0.05) is 30.9 Å². The molecule has 0 saturated carbocycles. The summed E-state index contributed by atoms with van der Waals surface area (Å²) in [5.74, 6) is -0.611. The van der Waals surface area contributed by atoms with Crippen LogP contribution in [0, 0.1) is 16.0 Å². The number of nitrogen functional groups attached to an aromatic ring is 1. The van der Waals surface area contributed by atoms with Gasteiger partial charge < -0.3 is 15.4 Å². The average molecular weight is 411 g/mol. The fourth-order valence-corrected chi connectivity index (χ4v) is 3.67. The van der Waals surface area contributed by atoms with E-state index in [1.54, 1.807) is 4.90 Å². The summed E-state index contributed by atoms with van der Waals surface area (Å²) in [5, 5.41) is 10.9. The molecule has 1 amide bonds. The first-order chi connectivity index (χ1) is 14.3. The van der Waals surface area contributed by atoms with Crippen LogP contribution in [0.1, 0.15) is 35.7 Å². The molecule has 0 aromatic heterocycles. The Morgan fingerprint density at radius 1 is 1.20 bits per heavy atom. The Morgan fingerprint density at radius 2 is 1.87 bits per heavy atom. The lowest BCUT2D eigenvalue weighted by Gasteiger charge is -2.33. The van der Waals surface area contributed by atoms with Crippen LogP contribution in [0.5, 0.6) is 0 Å². The van der Waals surface area contributed by atoms with E-state index in [1.807, 2.05) is 18.2 Å². The van der Waals surface area contributed by atoms with E-state index in [4.69, 9.17) is 10.5 Å². The number of benzene rings is 2. The summed E-state index contributed by atoms with van der Waals surface area (Å²) < 4.78 is 5.26. The maximum Gasteiger partial charge on any atom is 0.341 e. The smallest absolute Gasteiger partial charge is 0.341 e. The van der Waals surface area contributed by atoms with Gasteiger partial charge in [0.05, 0.1) is 10.5 Å². The summed E-state index contributed by atoms with van der Waals surface area (Å²) in [6, 6.07) is 13.8. The topological polar surface area (TPSA) is 116 Å². The number of carbonyl (C=O) groups excluding carboxylic acids is 2. The first kappa shape index (κ1) is 21.3. The Morgan fingerprint density at radius 3 is 2.50 bits per heavy atom. The van der Waals surface area contributed by atoms with Crippen molar-refractivity contribution in [3.05, 3.63) is 69.8 Å². The first-order valence-electron chi connectivity index (χ1n) is 9.92. The SMILES string of the molecule is C[C@@H](OC(=O)c1cc([N+](=O)[O-])ccc1N)C(=O)N1CCC(Cc2ccccc2)CC1. The number of non-ortho nitro benzene ring substituents is 1. The van der Waals surface area contributed by atoms with Crippen LogP contribution in [-0.2, 0) is 16.0 Å². The molecule has 8 nitrogen and oxygen atoms in total. The second-order valence-electron chi connectivity index (χ2n) is 7.53. The van der Waals surface area contributed by atoms with Crippen LogP contribution in [0.2, 0.25) is 0 Å². The van der Waals surface area contributed by atoms with E-state index in [1.165, 1.54) is 24.6 Å². The number of hydrogen-bond donors (Lipinski definition) is 1. The quantitative estimate of drug-likeness (QED) is 0.338. The number of esters is 1. The lowest BCUT2D eigenvalue weighted by atomic mass is 9.90. The molecule has 1 aliphatic heterocycles. The van der Waals surface area contributed by atoms with E-state index in [2.05, 4.69) is 12.1 Å². The van der Waals surface area contributed by atoms with Crippen molar-refractivity contribution in [2.75, 3.05) is 18.8 Å². The Balaban J connectivity index is 1.54. The second-order valence-corrected chi connectivity index (χ2v) is 7.53. The molecule has 0 bridgehead atoms. The highest BCUT2D eigenvalue weighted by molar-refractivity contribution is 5.97. The Kier molecular flexibility index (Phi) is 6.66. The summed E-state index contributed by atoms with van der Waals surface area (Å²) >= 11 is 0. The Labute approximate surface area is 174 Å². The fraction of sp³-hybridized carbons (Fsp3) is 0.364. The maximum absolute atomic E-state index is 12.7. The van der Waals surface area contributed by atoms with Crippen LogP contribution in [0.15, 0.2) is 48.5 Å². The third-order valence-corrected chi connectivity index (χ3v) is 5.39. The monoisotopic (exact) mass is 411 g/mol. The molecular weight excluding hydrogens is 386 g/mol. The van der Waals surface area contributed by atoms with Crippen LogP contribution in [0.25, 0.3) is 0 Å². The van der Waals surface area contributed by atoms with E-state index >= 15 is 0 Å². The van der Waals surface area contributed by atoms with E-state index in [9.17, 15) is 19.7 Å². The zero-order valence-corrected chi connectivity index (χ0v) is 16.8. The number of anilines is 1. The molecule has 0 aliphatic carbocycles. The van der Waals surface area contributed by atoms with Crippen molar-refractivity contribution in [1.29, 1.82) is 0 Å². The van der Waals surface area contributed by atoms with Gasteiger partial charge in [0.15, 0.2) is 6.10 Å². The predicted octanol–water partition coefficient (Wildman–Crippen LogP) is 3.20. The van der Waals surface area contributed by atoms with Crippen molar-refractivity contribution < 1.29 is 19.2 Å². The molecule has 1 saturated heterocycles. The lowest BCUT2D eigenvalue weighted by Crippen LogP contribution is -2.44. The van der Waals surface area contributed by atoms with Gasteiger partial charge in [-0.1, -0.05) is 30.3 Å². The molecule has 2 aromatic rings. The van der Waals surface area contributed by atoms with E-state index in [0.717, 1.165) is 25.3 Å². The third-order valence-electron chi connectivity index (χ3n) is 5.39. The van der Waals surface area contributed by atoms with Gasteiger partial charge in [-0.2, -0.15) is 0 Å². The van der Waals surface area contributed by atoms with Gasteiger partial charge in [-0.15, -0.1) is 0 Å². The third kappa shape index (κ3) is 5.14. The number of carbonyl (C=O) groups is 2. The number of likely N-dealkylation sites (tertiary alicyclic amines) is 1. The second kappa shape index (κ2) is 9.39. The zero-order valence-electron chi connectivity index (χ0n) is 16.8. The minimum absolute atomic E-state index is 0.0620. The number of nitrogens with two attached hydrogens (primary N) is 1. The molecule has 1 atom stereocenters. The maximum atomic E-state index is 12.7. The minimum Gasteiger partial charge on any atom is -0.449 e. The Hall–Kier alpha value is -3.42. The number of ether oxygens (including phenoxy) is 1. The van der Waals surface area contributed by atoms with Crippen LogP contribution in [0.3, 0.4) is 0 Å². The van der Waals surface area contributed by atoms with Gasteiger partial charge in [-0.3, -0.25) is 14.9 Å². The minimum atomic E-state index is -0.998. The molecular formula is C22H25N3O5. The number of hydrogen-bond acceptors (Lipinski definition) is 6. The molecule has 1 heterocycles. The molecule has 0 spiro atoms. The normalized spacial score (nSPS) is 15.4. The number of amides is 1. The standard InChI is InChI=1S/C22H25N3O5/c1-15(30-22(27)19-14-18(25(28)29)7-8-20(19)23)21(26)24-11-9-17(10-12-24)13-16-5-3-2-4-6-16/h2-8,14-15,17H,9-13,23H2,1H3/t15-/m1/s1. The van der Waals surface area contributed by atoms with Gasteiger partial charge in [0.1, 0.15) is 0 Å². The lowest BCUT2D eigenvalue weighted by molar-refractivity contribution is -0.384. The molecule has 0 unspecified atom stereocenters. The molecule has 3 rings (SSSR count). The number of nitro groups is 1. The van der Waals surface area contributed by atoms with Crippen molar-refractivity contribution in [2.45, 2.75) is 32.3 Å². The highest BCUT2D eigenvalue weighted by Crippen LogP contribution is 2.24. The van der Waals surface area contributed by atoms with E-state index in [0.29, 0.717) is 19.0 Å². The Bertz CT molecular complexity index is 924. The van der Waals surface area contributed by atoms with E-state index < -0.39 is 17.0 Å². The molecule has 8 heteroatoms. The summed E-state index contributed by atoms with van der Waals surface area (Å²) in [7, 11) is 0. The van der Waals surface area contributed by atoms with Gasteiger partial charge in [0.25, 0.3) is 11.6 Å². The summed E-state index contributed by atoms with van der Waals surface area (Å²) in [6.07, 6.45) is 1.76. The summed E-state index contributed by atoms with van der Waals surface area (Å²) in [5.41, 5.74) is 6.71. The van der Waals surface area contributed by atoms with Crippen molar-refractivity contribution in [2.24, 2.45) is 5.92 Å². The summed E-state index contributed by atoms with van der Waals surface area (Å²) in [4.78, 5) is 37.1. The highest BCUT2D eigenvalue weighted by atomic mass is 16.6. The average Bonchev–Trinajstić information content (AvgIpc) is 2.74. The van der Waals surface area contributed by atoms with Crippen molar-refractivity contribution in [3.63, 3.8) is 0 Å². The molecule has 1 fully saturated rings. The highest BCUT2D eigenvalue weighted by Gasteiger charge is 2.29. The van der Waals surface area contributed by atoms with Crippen LogP contribution >= 0.6 is 0 Å². The zero-order chi connectivity index (χ0) is 21.7. The van der Waals surface area contributed by atoms with Crippen molar-refractivity contribution in [1.82, 2.24) is 4.90 Å². The number of nitrogens with zero attached hydrogens (tertiary/aromatic N) is 2. The number of rotatable bonds is 6. The van der Waals surface area contributed by atoms with Gasteiger partial charge in [-0.25, -0.2) is 4.79 Å². The molecule has 158 valence electrons. The summed E-state index contributed by atoms with van der Waals surface area (Å²) in [6.45, 7) is 2.72. The molecule has 2 N–H and O–H groups in total. The van der Waals surface area contributed by atoms with Crippen molar-refractivity contribution >= 4 is 23.3 Å². The first-order valence-corrected chi connectivity index (χ1v) is 9.92. The molecule has 2 aromatic carbocycles. The van der Waals surface area contributed by atoms with Crippen molar-refractivity contribution in [3.8, 4) is 0 Å². The van der Waals surface area contributed by atoms with Crippen LogP contribution < -0.4 is 5.73 Å². The van der Waals surface area contributed by atoms with E-state index in [-0.39, 0.29) is 22.8 Å². The largest absolute Gasteiger partial charge is 0.449 e. The molecule has 30 heavy (non-hydrogen) atoms. The van der Waals surface area contributed by atoms with Crippen LogP contribution in [0.4, 0.5) is 11.4 Å². The fourth-order valence-electron chi connectivity index (χ4n) is 3.67. The predicted molar refractivity (Wildman–Crippen MR) is 112 cm³/mol.